The van der Waals surface area contributed by atoms with Crippen LogP contribution in [0.3, 0.4) is 0 Å². The highest BCUT2D eigenvalue weighted by Gasteiger charge is 2.19. The quantitative estimate of drug-likeness (QED) is 0.545. The Morgan fingerprint density at radius 1 is 0.926 bits per heavy atom. The van der Waals surface area contributed by atoms with Gasteiger partial charge in [-0.1, -0.05) is 54.2 Å². The average Bonchev–Trinajstić information content (AvgIpc) is 3.15. The molecule has 2 aromatic heterocycles. The minimum absolute atomic E-state index is 0.785. The van der Waals surface area contributed by atoms with E-state index in [2.05, 4.69) is 63.7 Å². The number of nitrogens with zero attached hydrogens (tertiary/aromatic N) is 5. The highest BCUT2D eigenvalue weighted by Crippen LogP contribution is 2.26. The molecule has 0 spiro atoms. The Balaban J connectivity index is 1.45. The SMILES string of the molecule is c1cncc(CCc2nnc3n2N=C(c2ccc4ccccc4c2)CS3)c1. The van der Waals surface area contributed by atoms with Gasteiger partial charge in [-0.15, -0.1) is 10.2 Å². The zero-order chi connectivity index (χ0) is 18.1. The van der Waals surface area contributed by atoms with Crippen LogP contribution >= 0.6 is 11.8 Å². The highest BCUT2D eigenvalue weighted by atomic mass is 32.2. The number of aryl methyl sites for hydroxylation is 2. The molecule has 3 heterocycles. The molecule has 0 saturated carbocycles. The standard InChI is InChI=1S/C21H17N5S/c1-2-6-17-12-18(9-8-16(17)5-1)19-14-27-21-24-23-20(26(21)25-19)10-7-15-4-3-11-22-13-15/h1-6,8-9,11-13H,7,10,14H2. The van der Waals surface area contributed by atoms with E-state index in [1.807, 2.05) is 16.9 Å². The maximum atomic E-state index is 4.87. The van der Waals surface area contributed by atoms with Crippen molar-refractivity contribution < 1.29 is 0 Å². The van der Waals surface area contributed by atoms with E-state index in [0.717, 1.165) is 40.9 Å². The number of hydrogen-bond donors (Lipinski definition) is 0. The Kier molecular flexibility index (Phi) is 4.18. The molecule has 0 amide bonds. The lowest BCUT2D eigenvalue weighted by Crippen LogP contribution is -2.15. The molecule has 6 heteroatoms. The zero-order valence-electron chi connectivity index (χ0n) is 14.6. The Labute approximate surface area is 161 Å². The summed E-state index contributed by atoms with van der Waals surface area (Å²) >= 11 is 1.69. The lowest BCUT2D eigenvalue weighted by atomic mass is 10.0. The van der Waals surface area contributed by atoms with Gasteiger partial charge >= 0.3 is 0 Å². The van der Waals surface area contributed by atoms with Crippen molar-refractivity contribution in [2.75, 3.05) is 5.75 Å². The number of hydrogen-bond acceptors (Lipinski definition) is 5. The molecule has 0 atom stereocenters. The molecular formula is C21H17N5S. The van der Waals surface area contributed by atoms with E-state index < -0.39 is 0 Å². The number of rotatable bonds is 4. The fourth-order valence-electron chi connectivity index (χ4n) is 3.24. The molecule has 2 aromatic carbocycles. The van der Waals surface area contributed by atoms with Gasteiger partial charge in [0.2, 0.25) is 5.16 Å². The first-order chi connectivity index (χ1) is 13.4. The van der Waals surface area contributed by atoms with E-state index in [-0.39, 0.29) is 0 Å². The number of aromatic nitrogens is 4. The number of benzene rings is 2. The van der Waals surface area contributed by atoms with Crippen molar-refractivity contribution in [3.8, 4) is 0 Å². The largest absolute Gasteiger partial charge is 0.264 e. The third-order valence-corrected chi connectivity index (χ3v) is 5.61. The van der Waals surface area contributed by atoms with Crippen molar-refractivity contribution in [2.45, 2.75) is 18.0 Å². The van der Waals surface area contributed by atoms with Crippen molar-refractivity contribution in [3.05, 3.63) is 83.9 Å². The molecule has 132 valence electrons. The molecular weight excluding hydrogens is 354 g/mol. The summed E-state index contributed by atoms with van der Waals surface area (Å²) in [5, 5.41) is 16.9. The molecule has 27 heavy (non-hydrogen) atoms. The van der Waals surface area contributed by atoms with Gasteiger partial charge in [-0.3, -0.25) is 4.98 Å². The van der Waals surface area contributed by atoms with Gasteiger partial charge in [0.25, 0.3) is 0 Å². The highest BCUT2D eigenvalue weighted by molar-refractivity contribution is 7.99. The average molecular weight is 371 g/mol. The second-order valence-electron chi connectivity index (χ2n) is 6.47. The van der Waals surface area contributed by atoms with E-state index in [0.29, 0.717) is 0 Å². The van der Waals surface area contributed by atoms with Crippen molar-refractivity contribution in [1.82, 2.24) is 19.9 Å². The molecule has 5 nitrogen and oxygen atoms in total. The summed E-state index contributed by atoms with van der Waals surface area (Å²) in [7, 11) is 0. The molecule has 0 aliphatic carbocycles. The van der Waals surface area contributed by atoms with Crippen molar-refractivity contribution in [1.29, 1.82) is 0 Å². The van der Waals surface area contributed by atoms with E-state index in [9.17, 15) is 0 Å². The summed E-state index contributed by atoms with van der Waals surface area (Å²) in [6.07, 6.45) is 5.34. The van der Waals surface area contributed by atoms with Crippen molar-refractivity contribution >= 4 is 28.2 Å². The fourth-order valence-corrected chi connectivity index (χ4v) is 4.09. The minimum atomic E-state index is 0.785. The van der Waals surface area contributed by atoms with Crippen LogP contribution in [0.2, 0.25) is 0 Å². The van der Waals surface area contributed by atoms with Crippen LogP contribution in [0.25, 0.3) is 10.8 Å². The van der Waals surface area contributed by atoms with Crippen LogP contribution in [-0.2, 0) is 12.8 Å². The first-order valence-electron chi connectivity index (χ1n) is 8.90. The molecule has 5 rings (SSSR count). The molecule has 4 aromatic rings. The van der Waals surface area contributed by atoms with Crippen LogP contribution in [0.4, 0.5) is 0 Å². The Hall–Kier alpha value is -2.99. The van der Waals surface area contributed by atoms with Crippen LogP contribution in [0, 0.1) is 0 Å². The minimum Gasteiger partial charge on any atom is -0.264 e. The first kappa shape index (κ1) is 16.2. The number of thioether (sulfide) groups is 1. The Morgan fingerprint density at radius 2 is 1.85 bits per heavy atom. The molecule has 0 N–H and O–H groups in total. The lowest BCUT2D eigenvalue weighted by molar-refractivity contribution is 0.698. The van der Waals surface area contributed by atoms with E-state index >= 15 is 0 Å². The van der Waals surface area contributed by atoms with Crippen LogP contribution < -0.4 is 0 Å². The van der Waals surface area contributed by atoms with Gasteiger partial charge in [0.15, 0.2) is 5.82 Å². The molecule has 1 aliphatic heterocycles. The molecule has 0 unspecified atom stereocenters. The Bertz CT molecular complexity index is 1130. The third-order valence-electron chi connectivity index (χ3n) is 4.68. The van der Waals surface area contributed by atoms with Crippen molar-refractivity contribution in [3.63, 3.8) is 0 Å². The first-order valence-corrected chi connectivity index (χ1v) is 9.88. The predicted octanol–water partition coefficient (Wildman–Crippen LogP) is 3.97. The summed E-state index contributed by atoms with van der Waals surface area (Å²) in [6, 6.07) is 18.9. The topological polar surface area (TPSA) is 56.0 Å². The van der Waals surface area contributed by atoms with Gasteiger partial charge in [0.05, 0.1) is 5.71 Å². The van der Waals surface area contributed by atoms with E-state index in [1.165, 1.54) is 16.3 Å². The zero-order valence-corrected chi connectivity index (χ0v) is 15.4. The maximum Gasteiger partial charge on any atom is 0.212 e. The normalized spacial score (nSPS) is 13.4. The molecule has 1 aliphatic rings. The van der Waals surface area contributed by atoms with Crippen LogP contribution in [0.5, 0.6) is 0 Å². The fraction of sp³-hybridized carbons (Fsp3) is 0.143. The third kappa shape index (κ3) is 3.24. The lowest BCUT2D eigenvalue weighted by Gasteiger charge is -2.14. The van der Waals surface area contributed by atoms with Gasteiger partial charge in [-0.25, -0.2) is 0 Å². The number of pyridine rings is 1. The number of fused-ring (bicyclic) bond motifs is 2. The van der Waals surface area contributed by atoms with Gasteiger partial charge in [0.1, 0.15) is 0 Å². The molecule has 0 bridgehead atoms. The summed E-state index contributed by atoms with van der Waals surface area (Å²) in [5.74, 6) is 1.69. The van der Waals surface area contributed by atoms with Gasteiger partial charge < -0.3 is 0 Å². The summed E-state index contributed by atoms with van der Waals surface area (Å²) in [6.45, 7) is 0. The molecule has 0 radical (unpaired) electrons. The van der Waals surface area contributed by atoms with E-state index in [1.54, 1.807) is 18.0 Å². The summed E-state index contributed by atoms with van der Waals surface area (Å²) in [5.41, 5.74) is 3.40. The Morgan fingerprint density at radius 3 is 2.74 bits per heavy atom. The van der Waals surface area contributed by atoms with Gasteiger partial charge in [-0.2, -0.15) is 9.78 Å². The van der Waals surface area contributed by atoms with Gasteiger partial charge in [-0.05, 0) is 40.5 Å². The summed E-state index contributed by atoms with van der Waals surface area (Å²) in [4.78, 5) is 4.17. The smallest absolute Gasteiger partial charge is 0.212 e. The second-order valence-corrected chi connectivity index (χ2v) is 7.41. The van der Waals surface area contributed by atoms with Crippen LogP contribution in [-0.4, -0.2) is 31.3 Å². The second kappa shape index (κ2) is 6.96. The van der Waals surface area contributed by atoms with Crippen LogP contribution in [0.1, 0.15) is 17.0 Å². The maximum absolute atomic E-state index is 4.87. The van der Waals surface area contributed by atoms with E-state index in [4.69, 9.17) is 5.10 Å². The van der Waals surface area contributed by atoms with Gasteiger partial charge in [0, 0.05) is 24.6 Å². The monoisotopic (exact) mass is 371 g/mol. The predicted molar refractivity (Wildman–Crippen MR) is 108 cm³/mol. The summed E-state index contributed by atoms with van der Waals surface area (Å²) < 4.78 is 1.90. The van der Waals surface area contributed by atoms with Crippen molar-refractivity contribution in [2.24, 2.45) is 5.10 Å². The van der Waals surface area contributed by atoms with Crippen LogP contribution in [0.15, 0.2) is 77.2 Å². The molecule has 0 saturated heterocycles. The molecule has 0 fully saturated rings.